The van der Waals surface area contributed by atoms with Crippen LogP contribution in [0.4, 0.5) is 4.79 Å². The van der Waals surface area contributed by atoms with Gasteiger partial charge in [-0.25, -0.2) is 4.79 Å². The number of amides is 1. The van der Waals surface area contributed by atoms with E-state index in [0.717, 1.165) is 32.1 Å². The molecular weight excluding hydrogens is 202 g/mol. The highest BCUT2D eigenvalue weighted by Crippen LogP contribution is 2.40. The summed E-state index contributed by atoms with van der Waals surface area (Å²) in [5.74, 6) is 0. The van der Waals surface area contributed by atoms with Crippen LogP contribution < -0.4 is 5.32 Å². The van der Waals surface area contributed by atoms with Crippen LogP contribution >= 0.6 is 0 Å². The Bertz CT molecular complexity index is 262. The van der Waals surface area contributed by atoms with Crippen molar-refractivity contribution in [2.24, 2.45) is 0 Å². The predicted molar refractivity (Wildman–Crippen MR) is 65.4 cm³/mol. The zero-order valence-electron chi connectivity index (χ0n) is 10.6. The third kappa shape index (κ3) is 4.69. The minimum atomic E-state index is -0.415. The molecule has 1 N–H and O–H groups in total. The Morgan fingerprint density at radius 2 is 2.12 bits per heavy atom. The first-order valence-electron chi connectivity index (χ1n) is 5.99. The molecule has 1 saturated carbocycles. The van der Waals surface area contributed by atoms with Gasteiger partial charge in [-0.1, -0.05) is 6.08 Å². The fourth-order valence-corrected chi connectivity index (χ4v) is 1.69. The molecule has 0 aromatic heterocycles. The number of unbranched alkanes of at least 4 members (excludes halogenated alkanes) is 1. The lowest BCUT2D eigenvalue weighted by Crippen LogP contribution is -2.40. The predicted octanol–water partition coefficient (Wildman–Crippen LogP) is 3.40. The average molecular weight is 225 g/mol. The van der Waals surface area contributed by atoms with Crippen molar-refractivity contribution in [1.82, 2.24) is 5.32 Å². The maximum Gasteiger partial charge on any atom is 0.408 e. The van der Waals surface area contributed by atoms with E-state index in [-0.39, 0.29) is 11.6 Å². The zero-order chi connectivity index (χ0) is 12.2. The van der Waals surface area contributed by atoms with Crippen LogP contribution in [0.2, 0.25) is 0 Å². The molecule has 0 saturated heterocycles. The van der Waals surface area contributed by atoms with Gasteiger partial charge in [0.15, 0.2) is 0 Å². The van der Waals surface area contributed by atoms with Gasteiger partial charge < -0.3 is 10.1 Å². The van der Waals surface area contributed by atoms with Crippen LogP contribution in [0.1, 0.15) is 52.9 Å². The number of rotatable bonds is 5. The monoisotopic (exact) mass is 225 g/mol. The molecule has 92 valence electrons. The summed E-state index contributed by atoms with van der Waals surface area (Å²) in [6.45, 7) is 9.33. The zero-order valence-corrected chi connectivity index (χ0v) is 10.6. The van der Waals surface area contributed by atoms with E-state index in [1.54, 1.807) is 0 Å². The maximum atomic E-state index is 11.6. The van der Waals surface area contributed by atoms with Crippen molar-refractivity contribution in [3.63, 3.8) is 0 Å². The van der Waals surface area contributed by atoms with Crippen molar-refractivity contribution in [1.29, 1.82) is 0 Å². The molecule has 1 rings (SSSR count). The fraction of sp³-hybridized carbons (Fsp3) is 0.769. The van der Waals surface area contributed by atoms with E-state index in [0.29, 0.717) is 0 Å². The standard InChI is InChI=1S/C13H23NO2/c1-5-6-7-8-13(9-10-13)14-11(15)16-12(2,3)4/h5H,1,6-10H2,2-4H3,(H,14,15). The largest absolute Gasteiger partial charge is 0.444 e. The highest BCUT2D eigenvalue weighted by molar-refractivity contribution is 5.69. The molecule has 1 fully saturated rings. The number of carbonyl (C=O) groups excluding carboxylic acids is 1. The molecule has 1 aliphatic carbocycles. The van der Waals surface area contributed by atoms with Crippen LogP contribution in [-0.2, 0) is 4.74 Å². The third-order valence-electron chi connectivity index (χ3n) is 2.68. The van der Waals surface area contributed by atoms with Gasteiger partial charge in [-0.15, -0.1) is 6.58 Å². The third-order valence-corrected chi connectivity index (χ3v) is 2.68. The van der Waals surface area contributed by atoms with Crippen LogP contribution in [0.3, 0.4) is 0 Å². The first-order chi connectivity index (χ1) is 7.37. The SMILES string of the molecule is C=CCCCC1(NC(=O)OC(C)(C)C)CC1. The summed E-state index contributed by atoms with van der Waals surface area (Å²) in [5.41, 5.74) is -0.396. The van der Waals surface area contributed by atoms with Gasteiger partial charge in [0.1, 0.15) is 5.60 Å². The van der Waals surface area contributed by atoms with Crippen LogP contribution in [0.5, 0.6) is 0 Å². The number of carbonyl (C=O) groups is 1. The van der Waals surface area contributed by atoms with E-state index in [1.807, 2.05) is 26.8 Å². The summed E-state index contributed by atoms with van der Waals surface area (Å²) in [5, 5.41) is 2.99. The minimum absolute atomic E-state index is 0.0192. The molecule has 16 heavy (non-hydrogen) atoms. The number of nitrogens with one attached hydrogen (secondary N) is 1. The molecule has 0 spiro atoms. The van der Waals surface area contributed by atoms with Crippen LogP contribution in [0.15, 0.2) is 12.7 Å². The van der Waals surface area contributed by atoms with Gasteiger partial charge in [-0.3, -0.25) is 0 Å². The van der Waals surface area contributed by atoms with Gasteiger partial charge in [0.25, 0.3) is 0 Å². The molecule has 3 heteroatoms. The summed E-state index contributed by atoms with van der Waals surface area (Å²) in [4.78, 5) is 11.6. The summed E-state index contributed by atoms with van der Waals surface area (Å²) in [7, 11) is 0. The fourth-order valence-electron chi connectivity index (χ4n) is 1.69. The molecule has 0 aromatic rings. The number of hydrogen-bond acceptors (Lipinski definition) is 2. The maximum absolute atomic E-state index is 11.6. The minimum Gasteiger partial charge on any atom is -0.444 e. The Kier molecular flexibility index (Phi) is 4.00. The van der Waals surface area contributed by atoms with Gasteiger partial charge in [0.2, 0.25) is 0 Å². The molecule has 0 heterocycles. The molecule has 3 nitrogen and oxygen atoms in total. The first-order valence-corrected chi connectivity index (χ1v) is 5.99. The quantitative estimate of drug-likeness (QED) is 0.575. The smallest absolute Gasteiger partial charge is 0.408 e. The van der Waals surface area contributed by atoms with E-state index >= 15 is 0 Å². The molecule has 0 unspecified atom stereocenters. The lowest BCUT2D eigenvalue weighted by molar-refractivity contribution is 0.0493. The average Bonchev–Trinajstić information content (AvgIpc) is 2.82. The molecular formula is C13H23NO2. The summed E-state index contributed by atoms with van der Waals surface area (Å²) >= 11 is 0. The highest BCUT2D eigenvalue weighted by Gasteiger charge is 2.43. The second-order valence-corrected chi connectivity index (χ2v) is 5.59. The normalized spacial score (nSPS) is 17.7. The number of hydrogen-bond donors (Lipinski definition) is 1. The summed E-state index contributed by atoms with van der Waals surface area (Å²) < 4.78 is 5.25. The van der Waals surface area contributed by atoms with E-state index < -0.39 is 5.60 Å². The summed E-state index contributed by atoms with van der Waals surface area (Å²) in [6, 6.07) is 0. The van der Waals surface area contributed by atoms with Crippen molar-refractivity contribution >= 4 is 6.09 Å². The van der Waals surface area contributed by atoms with Crippen molar-refractivity contribution in [2.75, 3.05) is 0 Å². The summed E-state index contributed by atoms with van der Waals surface area (Å²) in [6.07, 6.45) is 6.90. The molecule has 0 radical (unpaired) electrons. The lowest BCUT2D eigenvalue weighted by atomic mass is 10.1. The number of allylic oxidation sites excluding steroid dienone is 1. The van der Waals surface area contributed by atoms with Gasteiger partial charge in [0.05, 0.1) is 0 Å². The van der Waals surface area contributed by atoms with E-state index in [9.17, 15) is 4.79 Å². The van der Waals surface area contributed by atoms with Crippen LogP contribution in [0.25, 0.3) is 0 Å². The topological polar surface area (TPSA) is 38.3 Å². The molecule has 0 atom stereocenters. The van der Waals surface area contributed by atoms with Gasteiger partial charge in [-0.2, -0.15) is 0 Å². The Hall–Kier alpha value is -0.990. The second kappa shape index (κ2) is 4.89. The van der Waals surface area contributed by atoms with Crippen molar-refractivity contribution in [2.45, 2.75) is 64.0 Å². The molecule has 0 aromatic carbocycles. The molecule has 0 aliphatic heterocycles. The van der Waals surface area contributed by atoms with Crippen LogP contribution in [-0.4, -0.2) is 17.2 Å². The Balaban J connectivity index is 2.30. The Morgan fingerprint density at radius 1 is 1.50 bits per heavy atom. The van der Waals surface area contributed by atoms with Crippen LogP contribution in [0, 0.1) is 0 Å². The Labute approximate surface area is 98.2 Å². The van der Waals surface area contributed by atoms with E-state index in [1.165, 1.54) is 0 Å². The van der Waals surface area contributed by atoms with Gasteiger partial charge in [0, 0.05) is 5.54 Å². The Morgan fingerprint density at radius 3 is 2.56 bits per heavy atom. The number of alkyl carbamates (subject to hydrolysis) is 1. The molecule has 1 aliphatic rings. The molecule has 1 amide bonds. The van der Waals surface area contributed by atoms with Crippen molar-refractivity contribution in [3.05, 3.63) is 12.7 Å². The van der Waals surface area contributed by atoms with Gasteiger partial charge >= 0.3 is 6.09 Å². The van der Waals surface area contributed by atoms with E-state index in [4.69, 9.17) is 4.74 Å². The number of ether oxygens (including phenoxy) is 1. The van der Waals surface area contributed by atoms with E-state index in [2.05, 4.69) is 11.9 Å². The molecule has 0 bridgehead atoms. The van der Waals surface area contributed by atoms with Gasteiger partial charge in [-0.05, 0) is 52.9 Å². The van der Waals surface area contributed by atoms with Crippen molar-refractivity contribution in [3.8, 4) is 0 Å². The van der Waals surface area contributed by atoms with Crippen molar-refractivity contribution < 1.29 is 9.53 Å². The second-order valence-electron chi connectivity index (χ2n) is 5.59. The highest BCUT2D eigenvalue weighted by atomic mass is 16.6. The first kappa shape index (κ1) is 13.1. The lowest BCUT2D eigenvalue weighted by Gasteiger charge is -2.23.